The quantitative estimate of drug-likeness (QED) is 0.0261. The van der Waals surface area contributed by atoms with E-state index in [-0.39, 0.29) is 31.1 Å². The highest BCUT2D eigenvalue weighted by atomic mass is 16.6. The first-order chi connectivity index (χ1) is 40.0. The topological polar surface area (TPSA) is 78.9 Å². The second kappa shape index (κ2) is 67.5. The summed E-state index contributed by atoms with van der Waals surface area (Å²) >= 11 is 0. The minimum absolute atomic E-state index is 0.0974. The zero-order valence-electron chi connectivity index (χ0n) is 52.2. The summed E-state index contributed by atoms with van der Waals surface area (Å²) in [6.45, 7) is 6.36. The van der Waals surface area contributed by atoms with Crippen molar-refractivity contribution in [2.75, 3.05) is 13.2 Å². The Labute approximate surface area is 499 Å². The molecule has 0 aromatic heterocycles. The van der Waals surface area contributed by atoms with Crippen LogP contribution in [0.2, 0.25) is 0 Å². The van der Waals surface area contributed by atoms with Gasteiger partial charge in [-0.2, -0.15) is 0 Å². The van der Waals surface area contributed by atoms with Crippen LogP contribution in [0.5, 0.6) is 0 Å². The molecular formula is C75H120O6. The number of allylic oxidation sites excluding steroid dienone is 26. The smallest absolute Gasteiger partial charge is 0.306 e. The molecule has 0 radical (unpaired) electrons. The van der Waals surface area contributed by atoms with Crippen molar-refractivity contribution in [3.63, 3.8) is 0 Å². The third kappa shape index (κ3) is 65.7. The number of carbonyl (C=O) groups excluding carboxylic acids is 3. The third-order valence-electron chi connectivity index (χ3n) is 13.5. The molecule has 6 nitrogen and oxygen atoms in total. The lowest BCUT2D eigenvalue weighted by Gasteiger charge is -2.18. The predicted molar refractivity (Wildman–Crippen MR) is 352 cm³/mol. The molecule has 0 bridgehead atoms. The Morgan fingerprint density at radius 1 is 0.259 bits per heavy atom. The highest BCUT2D eigenvalue weighted by Crippen LogP contribution is 2.14. The molecule has 0 saturated heterocycles. The molecular weight excluding hydrogens is 997 g/mol. The van der Waals surface area contributed by atoms with E-state index in [9.17, 15) is 14.4 Å². The first kappa shape index (κ1) is 76.0. The minimum Gasteiger partial charge on any atom is -0.462 e. The van der Waals surface area contributed by atoms with Crippen molar-refractivity contribution in [1.82, 2.24) is 0 Å². The predicted octanol–water partition coefficient (Wildman–Crippen LogP) is 22.9. The first-order valence-electron chi connectivity index (χ1n) is 33.0. The van der Waals surface area contributed by atoms with Crippen LogP contribution in [-0.4, -0.2) is 37.2 Å². The maximum atomic E-state index is 12.9. The number of ether oxygens (including phenoxy) is 3. The zero-order valence-corrected chi connectivity index (χ0v) is 52.2. The maximum absolute atomic E-state index is 12.9. The van der Waals surface area contributed by atoms with Gasteiger partial charge < -0.3 is 14.2 Å². The maximum Gasteiger partial charge on any atom is 0.306 e. The highest BCUT2D eigenvalue weighted by Gasteiger charge is 2.19. The minimum atomic E-state index is -0.802. The van der Waals surface area contributed by atoms with Crippen LogP contribution in [0, 0.1) is 0 Å². The summed E-state index contributed by atoms with van der Waals surface area (Å²) in [4.78, 5) is 38.3. The summed E-state index contributed by atoms with van der Waals surface area (Å²) in [7, 11) is 0. The van der Waals surface area contributed by atoms with Crippen LogP contribution in [0.1, 0.15) is 278 Å². The Hall–Kier alpha value is -4.97. The Morgan fingerprint density at radius 3 is 0.765 bits per heavy atom. The molecule has 0 aromatic rings. The number of esters is 3. The number of rotatable bonds is 58. The summed E-state index contributed by atoms with van der Waals surface area (Å²) < 4.78 is 16.9. The van der Waals surface area contributed by atoms with Crippen molar-refractivity contribution in [1.29, 1.82) is 0 Å². The molecule has 456 valence electrons. The lowest BCUT2D eigenvalue weighted by atomic mass is 10.1. The van der Waals surface area contributed by atoms with Gasteiger partial charge in [-0.3, -0.25) is 14.4 Å². The average molecular weight is 1120 g/mol. The van der Waals surface area contributed by atoms with Gasteiger partial charge >= 0.3 is 17.9 Å². The molecule has 1 atom stereocenters. The Morgan fingerprint density at radius 2 is 0.481 bits per heavy atom. The van der Waals surface area contributed by atoms with Crippen molar-refractivity contribution in [3.8, 4) is 0 Å². The van der Waals surface area contributed by atoms with Gasteiger partial charge in [-0.05, 0) is 148 Å². The van der Waals surface area contributed by atoms with E-state index in [1.54, 1.807) is 0 Å². The summed E-state index contributed by atoms with van der Waals surface area (Å²) in [6, 6.07) is 0. The molecule has 0 fully saturated rings. The van der Waals surface area contributed by atoms with E-state index in [0.29, 0.717) is 19.3 Å². The van der Waals surface area contributed by atoms with Gasteiger partial charge in [-0.15, -0.1) is 0 Å². The average Bonchev–Trinajstić information content (AvgIpc) is 3.46. The molecule has 81 heavy (non-hydrogen) atoms. The summed E-state index contributed by atoms with van der Waals surface area (Å²) in [6.07, 6.45) is 98.3. The SMILES string of the molecule is CC/C=C\C/C=C\C/C=C\C/C=C\C/C=C\C/C=C\C/C=C\C/C=C\C/C=C\CCCCCCCCCC(=O)OCC(COC(=O)CCCCCCC/C=C\CCCCCC)OC(=O)CCCCCCC/C=C\C/C=C\C/C=C\CC. The number of carbonyl (C=O) groups is 3. The molecule has 0 aliphatic rings. The fourth-order valence-electron chi connectivity index (χ4n) is 8.62. The molecule has 0 N–H and O–H groups in total. The zero-order chi connectivity index (χ0) is 58.5. The van der Waals surface area contributed by atoms with Gasteiger partial charge in [0.05, 0.1) is 0 Å². The van der Waals surface area contributed by atoms with Crippen molar-refractivity contribution in [2.24, 2.45) is 0 Å². The number of hydrogen-bond acceptors (Lipinski definition) is 6. The van der Waals surface area contributed by atoms with Gasteiger partial charge in [0.25, 0.3) is 0 Å². The monoisotopic (exact) mass is 1120 g/mol. The summed E-state index contributed by atoms with van der Waals surface area (Å²) in [5.41, 5.74) is 0. The second-order valence-electron chi connectivity index (χ2n) is 21.3. The molecule has 0 spiro atoms. The van der Waals surface area contributed by atoms with Crippen LogP contribution in [-0.2, 0) is 28.6 Å². The van der Waals surface area contributed by atoms with E-state index in [2.05, 4.69) is 179 Å². The van der Waals surface area contributed by atoms with Crippen LogP contribution < -0.4 is 0 Å². The van der Waals surface area contributed by atoms with Gasteiger partial charge in [0.15, 0.2) is 6.10 Å². The van der Waals surface area contributed by atoms with E-state index >= 15 is 0 Å². The Kier molecular flexibility index (Phi) is 63.4. The van der Waals surface area contributed by atoms with Gasteiger partial charge in [0.1, 0.15) is 13.2 Å². The van der Waals surface area contributed by atoms with Gasteiger partial charge in [-0.1, -0.05) is 269 Å². The fraction of sp³-hybridized carbons (Fsp3) is 0.613. The largest absolute Gasteiger partial charge is 0.462 e. The molecule has 6 heteroatoms. The number of unbranched alkanes of at least 4 members (excludes halogenated alkanes) is 21. The van der Waals surface area contributed by atoms with Crippen molar-refractivity contribution in [2.45, 2.75) is 284 Å². The normalized spacial score (nSPS) is 13.2. The molecule has 1 unspecified atom stereocenters. The third-order valence-corrected chi connectivity index (χ3v) is 13.5. The van der Waals surface area contributed by atoms with E-state index in [4.69, 9.17) is 14.2 Å². The summed E-state index contributed by atoms with van der Waals surface area (Å²) in [5.74, 6) is -0.936. The number of hydrogen-bond donors (Lipinski definition) is 0. The molecule has 0 heterocycles. The molecule has 0 aromatic carbocycles. The van der Waals surface area contributed by atoms with E-state index in [1.165, 1.54) is 64.2 Å². The molecule has 0 aliphatic carbocycles. The van der Waals surface area contributed by atoms with E-state index < -0.39 is 6.10 Å². The van der Waals surface area contributed by atoms with E-state index in [1.807, 2.05) is 0 Å². The molecule has 0 amide bonds. The second-order valence-corrected chi connectivity index (χ2v) is 21.3. The van der Waals surface area contributed by atoms with Crippen LogP contribution in [0.25, 0.3) is 0 Å². The van der Waals surface area contributed by atoms with Crippen LogP contribution >= 0.6 is 0 Å². The van der Waals surface area contributed by atoms with Gasteiger partial charge in [0, 0.05) is 19.3 Å². The van der Waals surface area contributed by atoms with Crippen molar-refractivity contribution >= 4 is 17.9 Å². The summed E-state index contributed by atoms with van der Waals surface area (Å²) in [5, 5.41) is 0. The molecule has 0 rings (SSSR count). The van der Waals surface area contributed by atoms with Crippen molar-refractivity contribution < 1.29 is 28.6 Å². The first-order valence-corrected chi connectivity index (χ1v) is 33.0. The molecule has 0 aliphatic heterocycles. The van der Waals surface area contributed by atoms with E-state index in [0.717, 1.165) is 173 Å². The Balaban J connectivity index is 4.29. The van der Waals surface area contributed by atoms with Gasteiger partial charge in [-0.25, -0.2) is 0 Å². The highest BCUT2D eigenvalue weighted by molar-refractivity contribution is 5.71. The van der Waals surface area contributed by atoms with Gasteiger partial charge in [0.2, 0.25) is 0 Å². The lowest BCUT2D eigenvalue weighted by molar-refractivity contribution is -0.167. The van der Waals surface area contributed by atoms with Crippen molar-refractivity contribution in [3.05, 3.63) is 158 Å². The van der Waals surface area contributed by atoms with Crippen LogP contribution in [0.4, 0.5) is 0 Å². The van der Waals surface area contributed by atoms with Crippen LogP contribution in [0.3, 0.4) is 0 Å². The van der Waals surface area contributed by atoms with Crippen LogP contribution in [0.15, 0.2) is 158 Å². The fourth-order valence-corrected chi connectivity index (χ4v) is 8.62. The Bertz CT molecular complexity index is 1810. The standard InChI is InChI=1S/C75H120O6/c1-4-7-10-13-16-19-22-25-27-28-29-30-31-32-33-34-35-36-37-38-39-40-41-42-43-44-45-46-48-50-53-56-59-62-65-68-74(77)80-71-72(70-79-73(76)67-64-61-58-55-52-49-24-21-18-15-12-9-6-3)81-75(78)69-66-63-60-57-54-51-47-26-23-20-17-14-11-8-5-2/h7-8,10-11,16-17,19-21,24-27,29-30,32-33,35-36,38-39,41-42,44-45,47,72H,4-6,9,12-15,18,22-23,28,31,34,37,40,43,46,48-71H2,1-3H3/b10-7-,11-8-,19-16-,20-17-,24-21-,27-25-,30-29-,33-32-,36-35-,39-38-,42-41-,45-44-,47-26-. The molecule has 0 saturated carbocycles. The lowest BCUT2D eigenvalue weighted by Crippen LogP contribution is -2.30.